The van der Waals surface area contributed by atoms with Gasteiger partial charge in [0.2, 0.25) is 0 Å². The largest absolute Gasteiger partial charge is 0.507 e. The molecular formula is C27H33NO7. The highest BCUT2D eigenvalue weighted by molar-refractivity contribution is 6.46. The van der Waals surface area contributed by atoms with Crippen LogP contribution in [0.5, 0.6) is 17.2 Å². The van der Waals surface area contributed by atoms with E-state index < -0.39 is 17.7 Å². The standard InChI is InChI=1S/C27H33NO7/c1-6-34-21-11-10-18(15-22(21)33-5)24-23(26(30)27(31)28(24)12-13-32-4)25(29)19-8-7-9-20(14-19)35-16-17(2)3/h7-11,14-15,17,24,29H,6,12-13,16H2,1-5H3/b25-23-. The maximum Gasteiger partial charge on any atom is 0.295 e. The first kappa shape index (κ1) is 26.1. The number of hydrogen-bond acceptors (Lipinski definition) is 7. The fraction of sp³-hybridized carbons (Fsp3) is 0.407. The van der Waals surface area contributed by atoms with Crippen LogP contribution in [-0.4, -0.2) is 62.3 Å². The number of carbonyl (C=O) groups is 2. The molecule has 1 unspecified atom stereocenters. The Morgan fingerprint density at radius 2 is 1.83 bits per heavy atom. The molecule has 1 heterocycles. The predicted octanol–water partition coefficient (Wildman–Crippen LogP) is 4.20. The molecule has 0 aromatic heterocycles. The zero-order chi connectivity index (χ0) is 25.5. The summed E-state index contributed by atoms with van der Waals surface area (Å²) in [6.07, 6.45) is 0. The Hall–Kier alpha value is -3.52. The molecule has 0 bridgehead atoms. The van der Waals surface area contributed by atoms with Gasteiger partial charge in [-0.3, -0.25) is 9.59 Å². The monoisotopic (exact) mass is 483 g/mol. The van der Waals surface area contributed by atoms with Crippen molar-refractivity contribution in [3.05, 3.63) is 59.2 Å². The summed E-state index contributed by atoms with van der Waals surface area (Å²) >= 11 is 0. The maximum absolute atomic E-state index is 13.2. The van der Waals surface area contributed by atoms with Crippen molar-refractivity contribution in [1.29, 1.82) is 0 Å². The molecule has 1 atom stereocenters. The van der Waals surface area contributed by atoms with E-state index in [0.717, 1.165) is 0 Å². The second-order valence-electron chi connectivity index (χ2n) is 8.56. The van der Waals surface area contributed by atoms with Crippen LogP contribution in [0.1, 0.15) is 37.9 Å². The molecule has 2 aromatic rings. The van der Waals surface area contributed by atoms with Gasteiger partial charge in [-0.25, -0.2) is 0 Å². The van der Waals surface area contributed by atoms with Crippen LogP contribution < -0.4 is 14.2 Å². The first-order valence-corrected chi connectivity index (χ1v) is 11.6. The van der Waals surface area contributed by atoms with Gasteiger partial charge in [0.1, 0.15) is 11.5 Å². The number of ketones is 1. The summed E-state index contributed by atoms with van der Waals surface area (Å²) in [5, 5.41) is 11.3. The van der Waals surface area contributed by atoms with Crippen molar-refractivity contribution in [3.63, 3.8) is 0 Å². The highest BCUT2D eigenvalue weighted by atomic mass is 16.5. The normalized spacial score (nSPS) is 17.2. The van der Waals surface area contributed by atoms with Gasteiger partial charge in [0.25, 0.3) is 11.7 Å². The lowest BCUT2D eigenvalue weighted by Crippen LogP contribution is -2.32. The van der Waals surface area contributed by atoms with Gasteiger partial charge in [0.05, 0.1) is 38.5 Å². The number of aliphatic hydroxyl groups is 1. The SMILES string of the molecule is CCOc1ccc(C2/C(=C(/O)c3cccc(OCC(C)C)c3)C(=O)C(=O)N2CCOC)cc1OC. The number of benzene rings is 2. The van der Waals surface area contributed by atoms with Gasteiger partial charge in [-0.1, -0.05) is 32.0 Å². The van der Waals surface area contributed by atoms with Crippen LogP contribution in [0.4, 0.5) is 0 Å². The fourth-order valence-electron chi connectivity index (χ4n) is 3.93. The van der Waals surface area contributed by atoms with Crippen molar-refractivity contribution >= 4 is 17.4 Å². The lowest BCUT2D eigenvalue weighted by Gasteiger charge is -2.25. The molecule has 188 valence electrons. The number of ether oxygens (including phenoxy) is 4. The molecule has 1 N–H and O–H groups in total. The summed E-state index contributed by atoms with van der Waals surface area (Å²) in [5.74, 6) is 0.173. The summed E-state index contributed by atoms with van der Waals surface area (Å²) < 4.78 is 22.0. The van der Waals surface area contributed by atoms with Gasteiger partial charge in [-0.15, -0.1) is 0 Å². The average molecular weight is 484 g/mol. The lowest BCUT2D eigenvalue weighted by molar-refractivity contribution is -0.140. The molecular weight excluding hydrogens is 450 g/mol. The third-order valence-corrected chi connectivity index (χ3v) is 5.57. The Bertz CT molecular complexity index is 1090. The Kier molecular flexibility index (Phi) is 8.76. The first-order chi connectivity index (χ1) is 16.8. The molecule has 35 heavy (non-hydrogen) atoms. The minimum atomic E-state index is -0.824. The minimum absolute atomic E-state index is 0.00155. The van der Waals surface area contributed by atoms with E-state index in [1.54, 1.807) is 42.5 Å². The van der Waals surface area contributed by atoms with Gasteiger partial charge in [-0.2, -0.15) is 0 Å². The second-order valence-corrected chi connectivity index (χ2v) is 8.56. The molecule has 0 spiro atoms. The van der Waals surface area contributed by atoms with Crippen molar-refractivity contribution in [1.82, 2.24) is 4.90 Å². The Balaban J connectivity index is 2.12. The highest BCUT2D eigenvalue weighted by Gasteiger charge is 2.46. The van der Waals surface area contributed by atoms with Crippen LogP contribution in [0.3, 0.4) is 0 Å². The second kappa shape index (κ2) is 11.8. The van der Waals surface area contributed by atoms with Crippen LogP contribution in [0.15, 0.2) is 48.0 Å². The number of methoxy groups -OCH3 is 2. The summed E-state index contributed by atoms with van der Waals surface area (Å²) in [5.41, 5.74) is 0.992. The van der Waals surface area contributed by atoms with Gasteiger partial charge in [0, 0.05) is 19.2 Å². The van der Waals surface area contributed by atoms with E-state index in [9.17, 15) is 14.7 Å². The molecule has 3 rings (SSSR count). The van der Waals surface area contributed by atoms with Gasteiger partial charge >= 0.3 is 0 Å². The molecule has 2 aromatic carbocycles. The molecule has 8 heteroatoms. The van der Waals surface area contributed by atoms with Crippen LogP contribution in [0, 0.1) is 5.92 Å². The van der Waals surface area contributed by atoms with E-state index in [1.165, 1.54) is 19.1 Å². The molecule has 0 saturated carbocycles. The number of aliphatic hydroxyl groups excluding tert-OH is 1. The van der Waals surface area contributed by atoms with Gasteiger partial charge in [0.15, 0.2) is 11.5 Å². The Morgan fingerprint density at radius 1 is 1.06 bits per heavy atom. The molecule has 1 amide bonds. The summed E-state index contributed by atoms with van der Waals surface area (Å²) in [7, 11) is 3.04. The number of nitrogens with zero attached hydrogens (tertiary/aromatic N) is 1. The molecule has 1 aliphatic heterocycles. The van der Waals surface area contributed by atoms with E-state index in [1.807, 2.05) is 20.8 Å². The van der Waals surface area contributed by atoms with Crippen LogP contribution in [0.2, 0.25) is 0 Å². The van der Waals surface area contributed by atoms with Crippen molar-refractivity contribution < 1.29 is 33.6 Å². The third-order valence-electron chi connectivity index (χ3n) is 5.57. The Morgan fingerprint density at radius 3 is 2.49 bits per heavy atom. The average Bonchev–Trinajstić information content (AvgIpc) is 3.11. The van der Waals surface area contributed by atoms with Gasteiger partial charge < -0.3 is 29.0 Å². The van der Waals surface area contributed by atoms with Crippen molar-refractivity contribution in [2.24, 2.45) is 5.92 Å². The predicted molar refractivity (Wildman–Crippen MR) is 132 cm³/mol. The van der Waals surface area contributed by atoms with Crippen LogP contribution >= 0.6 is 0 Å². The first-order valence-electron chi connectivity index (χ1n) is 11.6. The zero-order valence-corrected chi connectivity index (χ0v) is 20.9. The van der Waals surface area contributed by atoms with E-state index in [2.05, 4.69) is 0 Å². The number of carbonyl (C=O) groups excluding carboxylic acids is 2. The maximum atomic E-state index is 13.2. The molecule has 8 nitrogen and oxygen atoms in total. The number of likely N-dealkylation sites (tertiary alicyclic amines) is 1. The quantitative estimate of drug-likeness (QED) is 0.291. The van der Waals surface area contributed by atoms with E-state index in [4.69, 9.17) is 18.9 Å². The number of hydrogen-bond donors (Lipinski definition) is 1. The third kappa shape index (κ3) is 5.77. The highest BCUT2D eigenvalue weighted by Crippen LogP contribution is 2.42. The van der Waals surface area contributed by atoms with Crippen LogP contribution in [-0.2, 0) is 14.3 Å². The van der Waals surface area contributed by atoms with Gasteiger partial charge in [-0.05, 0) is 42.7 Å². The lowest BCUT2D eigenvalue weighted by atomic mass is 9.95. The summed E-state index contributed by atoms with van der Waals surface area (Å²) in [6, 6.07) is 11.2. The molecule has 1 aliphatic rings. The van der Waals surface area contributed by atoms with Crippen molar-refractivity contribution in [2.75, 3.05) is 40.6 Å². The minimum Gasteiger partial charge on any atom is -0.507 e. The summed E-state index contributed by atoms with van der Waals surface area (Å²) in [4.78, 5) is 27.6. The summed E-state index contributed by atoms with van der Waals surface area (Å²) in [6.45, 7) is 7.32. The molecule has 0 radical (unpaired) electrons. The van der Waals surface area contributed by atoms with Crippen LogP contribution in [0.25, 0.3) is 5.76 Å². The van der Waals surface area contributed by atoms with E-state index in [0.29, 0.717) is 47.5 Å². The number of rotatable bonds is 11. The molecule has 1 fully saturated rings. The van der Waals surface area contributed by atoms with E-state index in [-0.39, 0.29) is 24.5 Å². The van der Waals surface area contributed by atoms with Crippen molar-refractivity contribution in [2.45, 2.75) is 26.8 Å². The molecule has 0 aliphatic carbocycles. The molecule has 1 saturated heterocycles. The fourth-order valence-corrected chi connectivity index (χ4v) is 3.93. The number of Topliss-reactive ketones (excluding diaryl/α,β-unsaturated/α-hetero) is 1. The van der Waals surface area contributed by atoms with E-state index >= 15 is 0 Å². The number of amides is 1. The Labute approximate surface area is 206 Å². The smallest absolute Gasteiger partial charge is 0.295 e. The zero-order valence-electron chi connectivity index (χ0n) is 20.9. The topological polar surface area (TPSA) is 94.5 Å². The van der Waals surface area contributed by atoms with Crippen molar-refractivity contribution in [3.8, 4) is 17.2 Å².